The molecule has 1 saturated carbocycles. The highest BCUT2D eigenvalue weighted by Crippen LogP contribution is 2.72. The molecular weight excluding hydrogens is 430 g/mol. The Morgan fingerprint density at radius 1 is 1.00 bits per heavy atom. The molecule has 6 fully saturated rings. The van der Waals surface area contributed by atoms with E-state index in [0.717, 1.165) is 5.56 Å². The van der Waals surface area contributed by atoms with Gasteiger partial charge in [0, 0.05) is 25.9 Å². The lowest BCUT2D eigenvalue weighted by Gasteiger charge is -2.65. The molecule has 0 aromatic heterocycles. The maximum atomic E-state index is 14.1. The number of amides is 4. The van der Waals surface area contributed by atoms with Crippen molar-refractivity contribution in [1.82, 2.24) is 14.7 Å². The van der Waals surface area contributed by atoms with Crippen LogP contribution in [-0.4, -0.2) is 69.5 Å². The Kier molecular flexibility index (Phi) is 4.04. The Morgan fingerprint density at radius 3 is 2.35 bits per heavy atom. The van der Waals surface area contributed by atoms with Gasteiger partial charge in [0.2, 0.25) is 23.6 Å². The quantitative estimate of drug-likeness (QED) is 0.631. The summed E-state index contributed by atoms with van der Waals surface area (Å²) in [5.74, 6) is -1.03. The van der Waals surface area contributed by atoms with Crippen molar-refractivity contribution >= 4 is 23.6 Å². The second-order valence-corrected chi connectivity index (χ2v) is 11.8. The summed E-state index contributed by atoms with van der Waals surface area (Å²) in [6.45, 7) is 6.08. The molecule has 34 heavy (non-hydrogen) atoms. The number of likely N-dealkylation sites (tertiary alicyclic amines) is 1. The Morgan fingerprint density at radius 2 is 1.68 bits per heavy atom. The normalized spacial score (nSPS) is 42.3. The first kappa shape index (κ1) is 21.8. The largest absolute Gasteiger partial charge is 0.336 e. The third-order valence-corrected chi connectivity index (χ3v) is 10.4. The SMILES string of the molecule is C[C@H]1CC(=O)N2C3C(C)(C)[C@@]4(C[C@]35[CH]C[C@]12C(=O)N5C)C(=O)N(C)C(=O)C4Cc1ccccc1. The molecule has 5 heterocycles. The molecule has 6 atom stereocenters. The lowest BCUT2D eigenvalue weighted by Crippen LogP contribution is -2.81. The van der Waals surface area contributed by atoms with Crippen LogP contribution in [0.5, 0.6) is 0 Å². The van der Waals surface area contributed by atoms with E-state index in [1.165, 1.54) is 4.90 Å². The van der Waals surface area contributed by atoms with Gasteiger partial charge in [-0.15, -0.1) is 0 Å². The zero-order chi connectivity index (χ0) is 24.4. The van der Waals surface area contributed by atoms with Gasteiger partial charge < -0.3 is 9.80 Å². The molecule has 0 N–H and O–H groups in total. The molecule has 1 aromatic rings. The number of rotatable bonds is 2. The fourth-order valence-corrected chi connectivity index (χ4v) is 8.71. The average Bonchev–Trinajstić information content (AvgIpc) is 3.27. The van der Waals surface area contributed by atoms with Crippen molar-refractivity contribution in [3.63, 3.8) is 0 Å². The summed E-state index contributed by atoms with van der Waals surface area (Å²) in [7, 11) is 3.40. The maximum Gasteiger partial charge on any atom is 0.249 e. The number of carbonyl (C=O) groups is 4. The molecule has 7 nitrogen and oxygen atoms in total. The van der Waals surface area contributed by atoms with Crippen LogP contribution in [0.25, 0.3) is 0 Å². The molecule has 2 bridgehead atoms. The van der Waals surface area contributed by atoms with E-state index in [2.05, 4.69) is 6.42 Å². The molecule has 1 aliphatic carbocycles. The highest BCUT2D eigenvalue weighted by molar-refractivity contribution is 6.09. The molecule has 2 unspecified atom stereocenters. The molecule has 1 aromatic carbocycles. The van der Waals surface area contributed by atoms with Gasteiger partial charge in [-0.05, 0) is 37.2 Å². The summed E-state index contributed by atoms with van der Waals surface area (Å²) in [6, 6.07) is 9.46. The van der Waals surface area contributed by atoms with Crippen molar-refractivity contribution in [2.45, 2.75) is 63.6 Å². The molecule has 179 valence electrons. The molecule has 3 spiro atoms. The van der Waals surface area contributed by atoms with E-state index in [-0.39, 0.29) is 35.6 Å². The van der Waals surface area contributed by atoms with Crippen molar-refractivity contribution < 1.29 is 19.2 Å². The van der Waals surface area contributed by atoms with Crippen LogP contribution in [0.1, 0.15) is 45.6 Å². The van der Waals surface area contributed by atoms with Crippen molar-refractivity contribution in [3.8, 4) is 0 Å². The Bertz CT molecular complexity index is 1150. The standard InChI is InChI=1S/C27H32N3O4/c1-16-13-19(31)30-21-24(2,3)26(15-25(21)11-12-27(16,30)23(34)29(25)5)18(20(32)28(4)22(26)33)14-17-9-7-6-8-10-17/h6-11,16,18,21H,12-15H2,1-5H3/t16-,18?,21?,25+,26+,27+/m0/s1. The van der Waals surface area contributed by atoms with Gasteiger partial charge in [-0.2, -0.15) is 0 Å². The smallest absolute Gasteiger partial charge is 0.249 e. The van der Waals surface area contributed by atoms with E-state index in [1.807, 2.05) is 68.0 Å². The number of piperazine rings is 1. The molecule has 7 rings (SSSR count). The fraction of sp³-hybridized carbons (Fsp3) is 0.593. The van der Waals surface area contributed by atoms with E-state index in [0.29, 0.717) is 25.7 Å². The lowest BCUT2D eigenvalue weighted by atomic mass is 9.58. The molecular formula is C27H32N3O4. The third-order valence-electron chi connectivity index (χ3n) is 10.4. The number of benzene rings is 1. The van der Waals surface area contributed by atoms with Crippen LogP contribution in [0.3, 0.4) is 0 Å². The van der Waals surface area contributed by atoms with Crippen LogP contribution < -0.4 is 0 Å². The van der Waals surface area contributed by atoms with Crippen LogP contribution in [0.2, 0.25) is 0 Å². The number of hydrogen-bond acceptors (Lipinski definition) is 4. The number of likely N-dealkylation sites (N-methyl/N-ethyl adjacent to an activating group) is 1. The van der Waals surface area contributed by atoms with E-state index in [9.17, 15) is 19.2 Å². The minimum Gasteiger partial charge on any atom is -0.336 e. The second kappa shape index (κ2) is 6.29. The summed E-state index contributed by atoms with van der Waals surface area (Å²) in [6.07, 6.45) is 3.86. The average molecular weight is 463 g/mol. The van der Waals surface area contributed by atoms with Crippen molar-refractivity contribution in [1.29, 1.82) is 0 Å². The van der Waals surface area contributed by atoms with Crippen LogP contribution in [0.4, 0.5) is 0 Å². The van der Waals surface area contributed by atoms with Crippen LogP contribution >= 0.6 is 0 Å². The molecule has 5 aliphatic heterocycles. The van der Waals surface area contributed by atoms with Crippen LogP contribution in [0, 0.1) is 29.1 Å². The van der Waals surface area contributed by atoms with E-state index in [1.54, 1.807) is 7.05 Å². The third kappa shape index (κ3) is 2.04. The molecule has 6 aliphatic rings. The first-order valence-electron chi connectivity index (χ1n) is 12.3. The molecule has 1 radical (unpaired) electrons. The first-order valence-corrected chi connectivity index (χ1v) is 12.3. The zero-order valence-electron chi connectivity index (χ0n) is 20.5. The molecule has 4 amide bonds. The van der Waals surface area contributed by atoms with Gasteiger partial charge >= 0.3 is 0 Å². The van der Waals surface area contributed by atoms with Gasteiger partial charge in [0.1, 0.15) is 5.54 Å². The predicted octanol–water partition coefficient (Wildman–Crippen LogP) is 2.05. The van der Waals surface area contributed by atoms with Gasteiger partial charge in [-0.25, -0.2) is 0 Å². The van der Waals surface area contributed by atoms with Crippen LogP contribution in [0.15, 0.2) is 30.3 Å². The number of piperidine rings is 2. The highest BCUT2D eigenvalue weighted by atomic mass is 16.2. The topological polar surface area (TPSA) is 78.0 Å². The summed E-state index contributed by atoms with van der Waals surface area (Å²) >= 11 is 0. The van der Waals surface area contributed by atoms with Gasteiger partial charge in [-0.3, -0.25) is 24.1 Å². The van der Waals surface area contributed by atoms with Gasteiger partial charge in [0.15, 0.2) is 0 Å². The highest BCUT2D eigenvalue weighted by Gasteiger charge is 2.84. The first-order chi connectivity index (χ1) is 16.0. The monoisotopic (exact) mass is 462 g/mol. The van der Waals surface area contributed by atoms with Gasteiger partial charge in [0.25, 0.3) is 0 Å². The maximum absolute atomic E-state index is 14.1. The van der Waals surface area contributed by atoms with E-state index < -0.39 is 27.8 Å². The van der Waals surface area contributed by atoms with Gasteiger partial charge in [0.05, 0.1) is 22.9 Å². The summed E-state index contributed by atoms with van der Waals surface area (Å²) in [4.78, 5) is 59.9. The van der Waals surface area contributed by atoms with Crippen molar-refractivity contribution in [2.24, 2.45) is 22.7 Å². The minimum absolute atomic E-state index is 0.00807. The Balaban J connectivity index is 1.57. The molecule has 7 heteroatoms. The number of imide groups is 1. The number of hydrogen-bond donors (Lipinski definition) is 0. The number of nitrogens with zero attached hydrogens (tertiary/aromatic N) is 3. The number of carbonyl (C=O) groups excluding carboxylic acids is 4. The van der Waals surface area contributed by atoms with E-state index in [4.69, 9.17) is 0 Å². The Labute approximate surface area is 200 Å². The fourth-order valence-electron chi connectivity index (χ4n) is 8.71. The minimum atomic E-state index is -1.02. The number of fused-ring (bicyclic) bond motifs is 2. The summed E-state index contributed by atoms with van der Waals surface area (Å²) < 4.78 is 0. The van der Waals surface area contributed by atoms with E-state index >= 15 is 0 Å². The summed E-state index contributed by atoms with van der Waals surface area (Å²) in [5, 5.41) is 0. The zero-order valence-corrected chi connectivity index (χ0v) is 20.5. The second-order valence-electron chi connectivity index (χ2n) is 11.8. The van der Waals surface area contributed by atoms with Crippen LogP contribution in [-0.2, 0) is 25.6 Å². The lowest BCUT2D eigenvalue weighted by molar-refractivity contribution is -0.187. The molecule has 5 saturated heterocycles. The Hall–Kier alpha value is -2.70. The summed E-state index contributed by atoms with van der Waals surface area (Å²) in [5.41, 5.74) is -2.38. The van der Waals surface area contributed by atoms with Crippen molar-refractivity contribution in [2.75, 3.05) is 14.1 Å². The van der Waals surface area contributed by atoms with Gasteiger partial charge in [-0.1, -0.05) is 51.1 Å². The van der Waals surface area contributed by atoms with Crippen molar-refractivity contribution in [3.05, 3.63) is 42.3 Å². The predicted molar refractivity (Wildman–Crippen MR) is 124 cm³/mol.